The summed E-state index contributed by atoms with van der Waals surface area (Å²) in [5.74, 6) is -1.30. The average molecular weight is 561 g/mol. The van der Waals surface area contributed by atoms with Gasteiger partial charge < -0.3 is 14.5 Å². The van der Waals surface area contributed by atoms with Gasteiger partial charge in [-0.15, -0.1) is 0 Å². The van der Waals surface area contributed by atoms with Crippen molar-refractivity contribution in [1.29, 1.82) is 0 Å². The van der Waals surface area contributed by atoms with Crippen LogP contribution >= 0.6 is 0 Å². The van der Waals surface area contributed by atoms with Crippen LogP contribution in [0.25, 0.3) is 11.3 Å². The average Bonchev–Trinajstić information content (AvgIpc) is 2.89. The van der Waals surface area contributed by atoms with Crippen LogP contribution in [0.3, 0.4) is 0 Å². The van der Waals surface area contributed by atoms with Gasteiger partial charge in [0.2, 0.25) is 0 Å². The summed E-state index contributed by atoms with van der Waals surface area (Å²) >= 11 is 0. The summed E-state index contributed by atoms with van der Waals surface area (Å²) in [5.41, 5.74) is 1.78. The third kappa shape index (κ3) is 5.68. The van der Waals surface area contributed by atoms with Crippen molar-refractivity contribution in [2.24, 2.45) is 0 Å². The van der Waals surface area contributed by atoms with Gasteiger partial charge in [0.15, 0.2) is 17.4 Å². The fourth-order valence-corrected chi connectivity index (χ4v) is 6.36. The Kier molecular flexibility index (Phi) is 7.45. The Balaban J connectivity index is 1.37. The molecule has 7 nitrogen and oxygen atoms in total. The summed E-state index contributed by atoms with van der Waals surface area (Å²) in [5, 5.41) is -0.398. The molecule has 0 unspecified atom stereocenters. The van der Waals surface area contributed by atoms with Gasteiger partial charge in [-0.2, -0.15) is 0 Å². The maximum atomic E-state index is 15.1. The number of aromatic nitrogens is 2. The maximum Gasteiger partial charge on any atom is 0.178 e. The minimum atomic E-state index is -3.11. The molecule has 0 saturated carbocycles. The first-order valence-electron chi connectivity index (χ1n) is 13.0. The lowest BCUT2D eigenvalue weighted by Gasteiger charge is -2.34. The highest BCUT2D eigenvalue weighted by Gasteiger charge is 2.28. The van der Waals surface area contributed by atoms with E-state index in [-0.39, 0.29) is 35.3 Å². The minimum Gasteiger partial charge on any atom is -0.486 e. The van der Waals surface area contributed by atoms with Crippen molar-refractivity contribution in [1.82, 2.24) is 9.97 Å². The number of sulfone groups is 1. The number of hydrogen-bond donors (Lipinski definition) is 0. The zero-order valence-electron chi connectivity index (χ0n) is 22.1. The molecule has 1 saturated heterocycles. The lowest BCUT2D eigenvalue weighted by molar-refractivity contribution is 0.287. The molecular weight excluding hydrogens is 529 g/mol. The van der Waals surface area contributed by atoms with E-state index in [2.05, 4.69) is 9.97 Å². The normalized spacial score (nSPS) is 16.4. The van der Waals surface area contributed by atoms with Crippen LogP contribution in [0, 0.1) is 17.5 Å². The van der Waals surface area contributed by atoms with Crippen molar-refractivity contribution in [2.75, 3.05) is 42.3 Å². The van der Waals surface area contributed by atoms with Crippen LogP contribution < -0.4 is 14.5 Å². The molecule has 2 aromatic carbocycles. The van der Waals surface area contributed by atoms with Gasteiger partial charge in [-0.25, -0.2) is 31.6 Å². The number of rotatable bonds is 6. The fourth-order valence-electron chi connectivity index (χ4n) is 5.29. The number of ether oxygens (including phenoxy) is 1. The van der Waals surface area contributed by atoms with E-state index in [1.54, 1.807) is 18.2 Å². The van der Waals surface area contributed by atoms with Gasteiger partial charge in [-0.3, -0.25) is 0 Å². The van der Waals surface area contributed by atoms with Gasteiger partial charge in [0.1, 0.15) is 33.8 Å². The van der Waals surface area contributed by atoms with Gasteiger partial charge in [0.25, 0.3) is 0 Å². The van der Waals surface area contributed by atoms with Gasteiger partial charge in [-0.1, -0.05) is 6.07 Å². The van der Waals surface area contributed by atoms with Crippen LogP contribution in [0.4, 0.5) is 24.5 Å². The van der Waals surface area contributed by atoms with Gasteiger partial charge in [0, 0.05) is 37.4 Å². The smallest absolute Gasteiger partial charge is 0.178 e. The van der Waals surface area contributed by atoms with Crippen molar-refractivity contribution in [3.63, 3.8) is 0 Å². The maximum absolute atomic E-state index is 15.1. The fraction of sp³-hybridized carbons (Fsp3) is 0.429. The molecule has 2 aliphatic heterocycles. The standard InChI is InChI=1S/C28H31F3N4O3S/c1-17(2)35-10-11-38-28-22(30)14-19(15-25(28)35)27-23(31)16-32-26(33-27)13-18-4-5-24(21(29)12-18)34-8-6-20(7-9-34)39(3,36)37/h4-5,12,14-17,20H,6-11,13H2,1-3H3. The van der Waals surface area contributed by atoms with Crippen molar-refractivity contribution in [2.45, 2.75) is 44.4 Å². The van der Waals surface area contributed by atoms with Crippen molar-refractivity contribution < 1.29 is 26.3 Å². The molecule has 0 aliphatic carbocycles. The summed E-state index contributed by atoms with van der Waals surface area (Å²) in [7, 11) is -3.11. The predicted octanol–water partition coefficient (Wildman–Crippen LogP) is 4.77. The highest BCUT2D eigenvalue weighted by Crippen LogP contribution is 2.39. The lowest BCUT2D eigenvalue weighted by Crippen LogP contribution is -2.39. The Morgan fingerprint density at radius 3 is 2.41 bits per heavy atom. The molecule has 208 valence electrons. The number of fused-ring (bicyclic) bond motifs is 1. The first-order chi connectivity index (χ1) is 18.5. The first kappa shape index (κ1) is 27.2. The molecule has 0 atom stereocenters. The number of halogens is 3. The molecule has 2 aliphatic rings. The van der Waals surface area contributed by atoms with Gasteiger partial charge in [-0.05, 0) is 56.5 Å². The second kappa shape index (κ2) is 10.7. The monoisotopic (exact) mass is 560 g/mol. The van der Waals surface area contributed by atoms with E-state index in [1.165, 1.54) is 18.4 Å². The molecule has 1 fully saturated rings. The molecule has 0 N–H and O–H groups in total. The number of nitrogens with zero attached hydrogens (tertiary/aromatic N) is 4. The summed E-state index contributed by atoms with van der Waals surface area (Å²) in [4.78, 5) is 12.3. The van der Waals surface area contributed by atoms with E-state index >= 15 is 4.39 Å². The highest BCUT2D eigenvalue weighted by atomic mass is 32.2. The molecule has 3 heterocycles. The lowest BCUT2D eigenvalue weighted by atomic mass is 10.1. The third-order valence-electron chi connectivity index (χ3n) is 7.37. The molecule has 0 amide bonds. The molecule has 11 heteroatoms. The Morgan fingerprint density at radius 2 is 1.74 bits per heavy atom. The number of piperidine rings is 1. The number of hydrogen-bond acceptors (Lipinski definition) is 7. The Morgan fingerprint density at radius 1 is 1.00 bits per heavy atom. The van der Waals surface area contributed by atoms with Crippen LogP contribution in [-0.4, -0.2) is 62.2 Å². The summed E-state index contributed by atoms with van der Waals surface area (Å²) in [6.45, 7) is 5.84. The van der Waals surface area contributed by atoms with E-state index in [4.69, 9.17) is 4.74 Å². The third-order valence-corrected chi connectivity index (χ3v) is 9.05. The Labute approximate surface area is 226 Å². The van der Waals surface area contributed by atoms with Crippen LogP contribution in [-0.2, 0) is 16.3 Å². The SMILES string of the molecule is CC(C)N1CCOc2c(F)cc(-c3nc(Cc4ccc(N5CCC(S(C)(=O)=O)CC5)c(F)c4)ncc3F)cc21. The summed E-state index contributed by atoms with van der Waals surface area (Å²) < 4.78 is 74.0. The number of anilines is 2. The molecular formula is C28H31F3N4O3S. The summed E-state index contributed by atoms with van der Waals surface area (Å²) in [6, 6.07) is 7.78. The minimum absolute atomic E-state index is 0.0400. The van der Waals surface area contributed by atoms with Gasteiger partial charge in [0.05, 0.1) is 29.4 Å². The van der Waals surface area contributed by atoms with Crippen LogP contribution in [0.1, 0.15) is 38.1 Å². The topological polar surface area (TPSA) is 75.6 Å². The Bertz CT molecular complexity index is 1490. The van der Waals surface area contributed by atoms with Crippen LogP contribution in [0.2, 0.25) is 0 Å². The molecule has 1 aromatic heterocycles. The zero-order chi connectivity index (χ0) is 27.9. The molecule has 5 rings (SSSR count). The number of benzene rings is 2. The highest BCUT2D eigenvalue weighted by molar-refractivity contribution is 7.91. The van der Waals surface area contributed by atoms with Crippen molar-refractivity contribution >= 4 is 21.2 Å². The van der Waals surface area contributed by atoms with Crippen LogP contribution in [0.5, 0.6) is 5.75 Å². The molecule has 0 bridgehead atoms. The Hall–Kier alpha value is -3.34. The largest absolute Gasteiger partial charge is 0.486 e. The predicted molar refractivity (Wildman–Crippen MR) is 145 cm³/mol. The first-order valence-corrected chi connectivity index (χ1v) is 14.9. The van der Waals surface area contributed by atoms with E-state index in [0.29, 0.717) is 56.0 Å². The van der Waals surface area contributed by atoms with Gasteiger partial charge >= 0.3 is 0 Å². The second-order valence-corrected chi connectivity index (χ2v) is 12.7. The van der Waals surface area contributed by atoms with E-state index in [9.17, 15) is 17.2 Å². The van der Waals surface area contributed by atoms with Crippen molar-refractivity contribution in [3.8, 4) is 17.0 Å². The van der Waals surface area contributed by atoms with Crippen LogP contribution in [0.15, 0.2) is 36.5 Å². The second-order valence-electron chi connectivity index (χ2n) is 10.4. The quantitative estimate of drug-likeness (QED) is 0.430. The van der Waals surface area contributed by atoms with E-state index in [1.807, 2.05) is 23.6 Å². The molecule has 0 radical (unpaired) electrons. The van der Waals surface area contributed by atoms with E-state index < -0.39 is 32.5 Å². The van der Waals surface area contributed by atoms with Crippen molar-refractivity contribution in [3.05, 3.63) is 65.4 Å². The molecule has 39 heavy (non-hydrogen) atoms. The summed E-state index contributed by atoms with van der Waals surface area (Å²) in [6.07, 6.45) is 3.34. The van der Waals surface area contributed by atoms with E-state index in [0.717, 1.165) is 6.20 Å². The zero-order valence-corrected chi connectivity index (χ0v) is 22.9. The molecule has 3 aromatic rings. The molecule has 0 spiro atoms.